The molecule has 184 valence electrons. The largest absolute Gasteiger partial charge is 0.482 e. The van der Waals surface area contributed by atoms with Crippen LogP contribution in [0.4, 0.5) is 38.1 Å². The summed E-state index contributed by atoms with van der Waals surface area (Å²) >= 11 is 0. The Labute approximate surface area is 194 Å². The van der Waals surface area contributed by atoms with E-state index >= 15 is 0 Å². The lowest BCUT2D eigenvalue weighted by Gasteiger charge is -2.38. The average molecular weight is 495 g/mol. The summed E-state index contributed by atoms with van der Waals surface area (Å²) in [5, 5.41) is 4.42. The SMILES string of the molecule is CC1(Oc2ccc(NC(=O)Nc3ccc(-c4c[nH]c(=O)c(F)c4)cc3F)cc2C(F)(F)F)COC1. The van der Waals surface area contributed by atoms with Gasteiger partial charge in [0.05, 0.1) is 24.5 Å². The Morgan fingerprint density at radius 2 is 1.74 bits per heavy atom. The van der Waals surface area contributed by atoms with Crippen LogP contribution in [0.15, 0.2) is 53.5 Å². The van der Waals surface area contributed by atoms with Gasteiger partial charge in [0.2, 0.25) is 0 Å². The topological polar surface area (TPSA) is 92.5 Å². The lowest BCUT2D eigenvalue weighted by Crippen LogP contribution is -2.51. The molecule has 0 spiro atoms. The number of rotatable bonds is 5. The Kier molecular flexibility index (Phi) is 6.24. The van der Waals surface area contributed by atoms with Crippen LogP contribution in [0.3, 0.4) is 0 Å². The molecule has 0 aliphatic carbocycles. The summed E-state index contributed by atoms with van der Waals surface area (Å²) in [4.78, 5) is 25.6. The van der Waals surface area contributed by atoms with Crippen molar-refractivity contribution in [2.24, 2.45) is 0 Å². The number of ether oxygens (including phenoxy) is 2. The number of alkyl halides is 3. The smallest absolute Gasteiger partial charge is 0.420 e. The van der Waals surface area contributed by atoms with Crippen LogP contribution >= 0.6 is 0 Å². The number of carbonyl (C=O) groups excluding carboxylic acids is 1. The Morgan fingerprint density at radius 3 is 2.34 bits per heavy atom. The van der Waals surface area contributed by atoms with E-state index in [0.717, 1.165) is 18.2 Å². The molecule has 2 amide bonds. The van der Waals surface area contributed by atoms with Crippen molar-refractivity contribution >= 4 is 17.4 Å². The van der Waals surface area contributed by atoms with Crippen molar-refractivity contribution in [2.75, 3.05) is 23.8 Å². The molecule has 35 heavy (non-hydrogen) atoms. The third-order valence-corrected chi connectivity index (χ3v) is 5.12. The van der Waals surface area contributed by atoms with E-state index in [1.807, 2.05) is 0 Å². The second-order valence-corrected chi connectivity index (χ2v) is 8.09. The summed E-state index contributed by atoms with van der Waals surface area (Å²) in [5.74, 6) is -2.34. The number of amides is 2. The summed E-state index contributed by atoms with van der Waals surface area (Å²) < 4.78 is 79.1. The fourth-order valence-corrected chi connectivity index (χ4v) is 3.34. The summed E-state index contributed by atoms with van der Waals surface area (Å²) in [6, 6.07) is 6.50. The monoisotopic (exact) mass is 495 g/mol. The molecule has 3 aromatic rings. The van der Waals surface area contributed by atoms with Gasteiger partial charge in [0.15, 0.2) is 11.4 Å². The molecule has 7 nitrogen and oxygen atoms in total. The molecule has 1 aliphatic rings. The van der Waals surface area contributed by atoms with Crippen molar-refractivity contribution < 1.29 is 36.2 Å². The van der Waals surface area contributed by atoms with Gasteiger partial charge in [-0.05, 0) is 48.9 Å². The summed E-state index contributed by atoms with van der Waals surface area (Å²) in [6.45, 7) is 1.91. The van der Waals surface area contributed by atoms with Gasteiger partial charge in [0.1, 0.15) is 11.6 Å². The van der Waals surface area contributed by atoms with E-state index in [4.69, 9.17) is 9.47 Å². The average Bonchev–Trinajstić information content (AvgIpc) is 2.76. The molecule has 4 rings (SSSR count). The maximum atomic E-state index is 14.5. The minimum Gasteiger partial charge on any atom is -0.482 e. The predicted octanol–water partition coefficient (Wildman–Crippen LogP) is 5.15. The molecule has 0 atom stereocenters. The van der Waals surface area contributed by atoms with Gasteiger partial charge >= 0.3 is 12.2 Å². The highest BCUT2D eigenvalue weighted by atomic mass is 19.4. The second kappa shape index (κ2) is 9.02. The highest BCUT2D eigenvalue weighted by Gasteiger charge is 2.40. The van der Waals surface area contributed by atoms with Gasteiger partial charge in [0.25, 0.3) is 5.56 Å². The minimum absolute atomic E-state index is 0.147. The Hall–Kier alpha value is -3.93. The van der Waals surface area contributed by atoms with Crippen molar-refractivity contribution in [1.29, 1.82) is 0 Å². The van der Waals surface area contributed by atoms with Crippen molar-refractivity contribution in [3.8, 4) is 16.9 Å². The number of benzene rings is 2. The zero-order chi connectivity index (χ0) is 25.4. The molecule has 0 saturated carbocycles. The molecular weight excluding hydrogens is 477 g/mol. The fourth-order valence-electron chi connectivity index (χ4n) is 3.34. The first-order valence-electron chi connectivity index (χ1n) is 10.2. The number of anilines is 2. The third kappa shape index (κ3) is 5.43. The van der Waals surface area contributed by atoms with Crippen LogP contribution in [0.5, 0.6) is 5.75 Å². The van der Waals surface area contributed by atoms with Crippen LogP contribution in [-0.2, 0) is 10.9 Å². The van der Waals surface area contributed by atoms with Crippen LogP contribution < -0.4 is 20.9 Å². The van der Waals surface area contributed by atoms with Crippen LogP contribution in [-0.4, -0.2) is 29.8 Å². The van der Waals surface area contributed by atoms with E-state index in [2.05, 4.69) is 15.6 Å². The van der Waals surface area contributed by atoms with Crippen molar-refractivity contribution in [3.05, 3.63) is 76.2 Å². The van der Waals surface area contributed by atoms with Crippen LogP contribution in [0.1, 0.15) is 12.5 Å². The molecule has 3 N–H and O–H groups in total. The summed E-state index contributed by atoms with van der Waals surface area (Å²) in [7, 11) is 0. The number of urea groups is 1. The fraction of sp³-hybridized carbons (Fsp3) is 0.217. The Balaban J connectivity index is 1.49. The van der Waals surface area contributed by atoms with Gasteiger partial charge in [-0.15, -0.1) is 0 Å². The molecule has 2 heterocycles. The van der Waals surface area contributed by atoms with E-state index in [0.29, 0.717) is 6.07 Å². The highest BCUT2D eigenvalue weighted by molar-refractivity contribution is 6.00. The predicted molar refractivity (Wildman–Crippen MR) is 116 cm³/mol. The number of hydrogen-bond acceptors (Lipinski definition) is 4. The van der Waals surface area contributed by atoms with Gasteiger partial charge in [-0.25, -0.2) is 13.6 Å². The van der Waals surface area contributed by atoms with Crippen LogP contribution in [0, 0.1) is 11.6 Å². The van der Waals surface area contributed by atoms with Crippen LogP contribution in [0.25, 0.3) is 11.1 Å². The quantitative estimate of drug-likeness (QED) is 0.427. The number of aromatic nitrogens is 1. The van der Waals surface area contributed by atoms with E-state index in [-0.39, 0.29) is 35.7 Å². The Morgan fingerprint density at radius 1 is 1.03 bits per heavy atom. The van der Waals surface area contributed by atoms with E-state index in [1.165, 1.54) is 24.4 Å². The van der Waals surface area contributed by atoms with E-state index < -0.39 is 46.3 Å². The molecule has 1 saturated heterocycles. The molecule has 1 aliphatic heterocycles. The molecule has 0 bridgehead atoms. The van der Waals surface area contributed by atoms with Crippen molar-refractivity contribution in [2.45, 2.75) is 18.7 Å². The van der Waals surface area contributed by atoms with E-state index in [9.17, 15) is 31.5 Å². The van der Waals surface area contributed by atoms with Crippen molar-refractivity contribution in [3.63, 3.8) is 0 Å². The lowest BCUT2D eigenvalue weighted by molar-refractivity contribution is -0.160. The maximum absolute atomic E-state index is 14.5. The number of pyridine rings is 1. The van der Waals surface area contributed by atoms with Crippen molar-refractivity contribution in [1.82, 2.24) is 4.98 Å². The molecule has 1 fully saturated rings. The lowest BCUT2D eigenvalue weighted by atomic mass is 10.0. The summed E-state index contributed by atoms with van der Waals surface area (Å²) in [5.41, 5.74) is -2.95. The number of carbonyl (C=O) groups is 1. The summed E-state index contributed by atoms with van der Waals surface area (Å²) in [6.07, 6.45) is -3.56. The van der Waals surface area contributed by atoms with E-state index in [1.54, 1.807) is 6.92 Å². The number of hydrogen-bond donors (Lipinski definition) is 3. The first-order valence-corrected chi connectivity index (χ1v) is 10.2. The third-order valence-electron chi connectivity index (χ3n) is 5.12. The molecule has 1 aromatic heterocycles. The molecule has 0 unspecified atom stereocenters. The number of aromatic amines is 1. The molecule has 0 radical (unpaired) electrons. The zero-order valence-electron chi connectivity index (χ0n) is 18.1. The highest BCUT2D eigenvalue weighted by Crippen LogP contribution is 2.40. The maximum Gasteiger partial charge on any atom is 0.420 e. The van der Waals surface area contributed by atoms with Gasteiger partial charge in [-0.1, -0.05) is 6.07 Å². The van der Waals surface area contributed by atoms with Gasteiger partial charge < -0.3 is 25.1 Å². The minimum atomic E-state index is -4.76. The second-order valence-electron chi connectivity index (χ2n) is 8.09. The number of halogens is 5. The Bertz CT molecular complexity index is 1340. The van der Waals surface area contributed by atoms with Gasteiger partial charge in [0, 0.05) is 17.4 Å². The standard InChI is InChI=1S/C23H18F5N3O4/c1-22(10-34-11-22)35-19-5-3-14(8-15(19)23(26,27)28)30-21(33)31-18-4-2-12(6-16(18)24)13-7-17(25)20(32)29-9-13/h2-9H,10-11H2,1H3,(H,29,32)(H2,30,31,33). The number of nitrogens with one attached hydrogen (secondary N) is 3. The van der Waals surface area contributed by atoms with Crippen LogP contribution in [0.2, 0.25) is 0 Å². The zero-order valence-corrected chi connectivity index (χ0v) is 18.1. The first kappa shape index (κ1) is 24.2. The normalized spacial score (nSPS) is 14.7. The molecule has 2 aromatic carbocycles. The molecule has 12 heteroatoms. The van der Waals surface area contributed by atoms with Gasteiger partial charge in [-0.3, -0.25) is 4.79 Å². The van der Waals surface area contributed by atoms with Gasteiger partial charge in [-0.2, -0.15) is 13.2 Å². The first-order chi connectivity index (χ1) is 16.4. The molecular formula is C23H18F5N3O4. The number of H-pyrrole nitrogens is 1.